The molecule has 1 saturated heterocycles. The monoisotopic (exact) mass is 244 g/mol. The third-order valence-electron chi connectivity index (χ3n) is 3.93. The molecule has 0 bridgehead atoms. The zero-order chi connectivity index (χ0) is 11.9. The van der Waals surface area contributed by atoms with Crippen LogP contribution in [0.2, 0.25) is 0 Å². The number of hydrogen-bond donors (Lipinski definition) is 1. The van der Waals surface area contributed by atoms with Crippen molar-refractivity contribution in [3.8, 4) is 0 Å². The van der Waals surface area contributed by atoms with E-state index < -0.39 is 0 Å². The minimum Gasteiger partial charge on any atom is -0.329 e. The van der Waals surface area contributed by atoms with E-state index in [1.54, 1.807) is 0 Å². The van der Waals surface area contributed by atoms with Gasteiger partial charge in [0.25, 0.3) is 0 Å². The van der Waals surface area contributed by atoms with Gasteiger partial charge in [-0.3, -0.25) is 4.90 Å². The molecule has 0 aromatic heterocycles. The summed E-state index contributed by atoms with van der Waals surface area (Å²) in [6, 6.07) is 0. The molecule has 1 unspecified atom stereocenters. The second-order valence-electron chi connectivity index (χ2n) is 4.84. The number of hydrogen-bond acceptors (Lipinski definition) is 3. The molecule has 1 aliphatic heterocycles. The van der Waals surface area contributed by atoms with Crippen LogP contribution in [0, 0.1) is 0 Å². The van der Waals surface area contributed by atoms with E-state index in [0.29, 0.717) is 5.54 Å². The van der Waals surface area contributed by atoms with Crippen LogP contribution in [0.1, 0.15) is 46.0 Å². The number of nitrogens with zero attached hydrogens (tertiary/aromatic N) is 1. The second-order valence-corrected chi connectivity index (χ2v) is 6.06. The van der Waals surface area contributed by atoms with Crippen molar-refractivity contribution in [2.45, 2.75) is 51.5 Å². The topological polar surface area (TPSA) is 29.3 Å². The summed E-state index contributed by atoms with van der Waals surface area (Å²) in [7, 11) is 0. The normalized spacial score (nSPS) is 22.7. The zero-order valence-electron chi connectivity index (χ0n) is 11.0. The van der Waals surface area contributed by atoms with Gasteiger partial charge in [0.2, 0.25) is 0 Å². The molecular formula is C13H28N2S. The molecule has 2 N–H and O–H groups in total. The van der Waals surface area contributed by atoms with Crippen LogP contribution in [0.15, 0.2) is 0 Å². The van der Waals surface area contributed by atoms with Gasteiger partial charge in [0.1, 0.15) is 0 Å². The molecule has 2 nitrogen and oxygen atoms in total. The van der Waals surface area contributed by atoms with E-state index in [9.17, 15) is 0 Å². The summed E-state index contributed by atoms with van der Waals surface area (Å²) in [4.78, 5) is 2.68. The first-order valence-corrected chi connectivity index (χ1v) is 7.97. The lowest BCUT2D eigenvalue weighted by atomic mass is 9.87. The van der Waals surface area contributed by atoms with Gasteiger partial charge in [-0.05, 0) is 31.6 Å². The molecular weight excluding hydrogens is 216 g/mol. The third kappa shape index (κ3) is 3.64. The molecule has 0 spiro atoms. The Morgan fingerprint density at radius 2 is 2.06 bits per heavy atom. The van der Waals surface area contributed by atoms with Crippen molar-refractivity contribution >= 4 is 11.8 Å². The molecule has 3 heteroatoms. The highest BCUT2D eigenvalue weighted by molar-refractivity contribution is 7.99. The Balaban J connectivity index is 2.64. The average molecular weight is 244 g/mol. The van der Waals surface area contributed by atoms with Gasteiger partial charge in [0.05, 0.1) is 0 Å². The van der Waals surface area contributed by atoms with Crippen molar-refractivity contribution in [2.75, 3.05) is 31.1 Å². The Hall–Kier alpha value is 0.270. The Bertz CT molecular complexity index is 173. The average Bonchev–Trinajstić information content (AvgIpc) is 2.61. The minimum absolute atomic E-state index is 0.293. The second kappa shape index (κ2) is 7.57. The van der Waals surface area contributed by atoms with E-state index in [1.165, 1.54) is 56.7 Å². The standard InChI is InChI=1S/C13H28N2S/c1-3-5-7-13(4-2,12-14)15-8-6-10-16-11-9-15/h3-12,14H2,1-2H3. The third-order valence-corrected chi connectivity index (χ3v) is 4.98. The Morgan fingerprint density at radius 1 is 1.25 bits per heavy atom. The zero-order valence-corrected chi connectivity index (χ0v) is 11.8. The van der Waals surface area contributed by atoms with E-state index >= 15 is 0 Å². The number of thioether (sulfide) groups is 1. The van der Waals surface area contributed by atoms with Crippen molar-refractivity contribution in [1.82, 2.24) is 4.90 Å². The maximum Gasteiger partial charge on any atom is 0.0329 e. The Morgan fingerprint density at radius 3 is 2.69 bits per heavy atom. The van der Waals surface area contributed by atoms with Crippen LogP contribution in [0.3, 0.4) is 0 Å². The van der Waals surface area contributed by atoms with Gasteiger partial charge in [0.15, 0.2) is 0 Å². The first kappa shape index (κ1) is 14.3. The van der Waals surface area contributed by atoms with Crippen LogP contribution in [0.4, 0.5) is 0 Å². The molecule has 0 saturated carbocycles. The van der Waals surface area contributed by atoms with Crippen LogP contribution >= 0.6 is 11.8 Å². The fourth-order valence-electron chi connectivity index (χ4n) is 2.66. The highest BCUT2D eigenvalue weighted by Gasteiger charge is 2.33. The smallest absolute Gasteiger partial charge is 0.0329 e. The lowest BCUT2D eigenvalue weighted by molar-refractivity contribution is 0.0867. The van der Waals surface area contributed by atoms with Crippen LogP contribution < -0.4 is 5.73 Å². The molecule has 1 heterocycles. The molecule has 0 amide bonds. The van der Waals surface area contributed by atoms with Gasteiger partial charge in [-0.25, -0.2) is 0 Å². The Labute approximate surface area is 105 Å². The van der Waals surface area contributed by atoms with Crippen LogP contribution in [-0.2, 0) is 0 Å². The predicted molar refractivity (Wildman–Crippen MR) is 75.1 cm³/mol. The van der Waals surface area contributed by atoms with Crippen LogP contribution in [0.5, 0.6) is 0 Å². The van der Waals surface area contributed by atoms with Crippen molar-refractivity contribution < 1.29 is 0 Å². The summed E-state index contributed by atoms with van der Waals surface area (Å²) in [5, 5.41) is 0. The summed E-state index contributed by atoms with van der Waals surface area (Å²) in [6.45, 7) is 7.89. The minimum atomic E-state index is 0.293. The van der Waals surface area contributed by atoms with E-state index in [-0.39, 0.29) is 0 Å². The SMILES string of the molecule is CCCCC(CC)(CN)N1CCCSCC1. The first-order valence-electron chi connectivity index (χ1n) is 6.82. The molecule has 1 rings (SSSR count). The number of unbranched alkanes of at least 4 members (excludes halogenated alkanes) is 1. The fraction of sp³-hybridized carbons (Fsp3) is 1.00. The van der Waals surface area contributed by atoms with Crippen molar-refractivity contribution in [2.24, 2.45) is 5.73 Å². The van der Waals surface area contributed by atoms with Crippen molar-refractivity contribution in [3.05, 3.63) is 0 Å². The summed E-state index contributed by atoms with van der Waals surface area (Å²) in [6.07, 6.45) is 6.41. The highest BCUT2D eigenvalue weighted by atomic mass is 32.2. The summed E-state index contributed by atoms with van der Waals surface area (Å²) < 4.78 is 0. The first-order chi connectivity index (χ1) is 7.79. The fourth-order valence-corrected chi connectivity index (χ4v) is 3.55. The molecule has 16 heavy (non-hydrogen) atoms. The van der Waals surface area contributed by atoms with Gasteiger partial charge >= 0.3 is 0 Å². The van der Waals surface area contributed by atoms with E-state index in [1.807, 2.05) is 0 Å². The molecule has 0 aliphatic carbocycles. The van der Waals surface area contributed by atoms with Gasteiger partial charge in [-0.1, -0.05) is 26.7 Å². The molecule has 1 fully saturated rings. The summed E-state index contributed by atoms with van der Waals surface area (Å²) in [5.41, 5.74) is 6.39. The van der Waals surface area contributed by atoms with Crippen molar-refractivity contribution in [1.29, 1.82) is 0 Å². The maximum atomic E-state index is 6.09. The van der Waals surface area contributed by atoms with Crippen LogP contribution in [-0.4, -0.2) is 41.6 Å². The van der Waals surface area contributed by atoms with Gasteiger partial charge in [-0.2, -0.15) is 11.8 Å². The molecule has 1 atom stereocenters. The lowest BCUT2D eigenvalue weighted by Gasteiger charge is -2.42. The van der Waals surface area contributed by atoms with Crippen LogP contribution in [0.25, 0.3) is 0 Å². The number of nitrogens with two attached hydrogens (primary N) is 1. The lowest BCUT2D eigenvalue weighted by Crippen LogP contribution is -2.54. The largest absolute Gasteiger partial charge is 0.329 e. The van der Waals surface area contributed by atoms with Gasteiger partial charge < -0.3 is 5.73 Å². The molecule has 0 aromatic rings. The molecule has 96 valence electrons. The summed E-state index contributed by atoms with van der Waals surface area (Å²) in [5.74, 6) is 2.61. The van der Waals surface area contributed by atoms with Gasteiger partial charge in [-0.15, -0.1) is 0 Å². The van der Waals surface area contributed by atoms with E-state index in [2.05, 4.69) is 30.5 Å². The van der Waals surface area contributed by atoms with E-state index in [0.717, 1.165) is 6.54 Å². The highest BCUT2D eigenvalue weighted by Crippen LogP contribution is 2.27. The maximum absolute atomic E-state index is 6.09. The number of rotatable bonds is 6. The molecule has 0 aromatic carbocycles. The summed E-state index contributed by atoms with van der Waals surface area (Å²) >= 11 is 2.10. The molecule has 1 aliphatic rings. The van der Waals surface area contributed by atoms with E-state index in [4.69, 9.17) is 5.73 Å². The quantitative estimate of drug-likeness (QED) is 0.779. The van der Waals surface area contributed by atoms with Gasteiger partial charge in [0, 0.05) is 24.4 Å². The van der Waals surface area contributed by atoms with Crippen molar-refractivity contribution in [3.63, 3.8) is 0 Å². The Kier molecular flexibility index (Phi) is 6.78. The predicted octanol–water partition coefficient (Wildman–Crippen LogP) is 2.72. The molecule has 0 radical (unpaired) electrons.